The van der Waals surface area contributed by atoms with Crippen molar-refractivity contribution in [2.24, 2.45) is 0 Å². The first-order valence-electron chi connectivity index (χ1n) is 8.44. The van der Waals surface area contributed by atoms with Crippen LogP contribution in [0.3, 0.4) is 0 Å². The Morgan fingerprint density at radius 3 is 2.25 bits per heavy atom. The van der Waals surface area contributed by atoms with E-state index in [1.54, 1.807) is 0 Å². The van der Waals surface area contributed by atoms with Crippen LogP contribution in [0.2, 0.25) is 0 Å². The number of likely N-dealkylation sites (N-methyl/N-ethyl adjacent to an activating group) is 1. The van der Waals surface area contributed by atoms with Crippen LogP contribution in [0, 0.1) is 6.92 Å². The van der Waals surface area contributed by atoms with E-state index in [0.29, 0.717) is 37.0 Å². The first-order valence-corrected chi connectivity index (χ1v) is 9.51. The molecule has 136 valence electrons. The number of carbonyl (C=O) groups is 1. The van der Waals surface area contributed by atoms with E-state index in [1.807, 2.05) is 30.0 Å². The van der Waals surface area contributed by atoms with Crippen LogP contribution in [0.5, 0.6) is 0 Å². The average Bonchev–Trinajstić information content (AvgIpc) is 2.58. The number of nitrogens with zero attached hydrogens (tertiary/aromatic N) is 2. The molecule has 0 saturated carbocycles. The summed E-state index contributed by atoms with van der Waals surface area (Å²) >= 11 is 11.8. The lowest BCUT2D eigenvalue weighted by Crippen LogP contribution is -2.30. The monoisotopic (exact) mass is 374 g/mol. The number of aryl methyl sites for hydroxylation is 1. The van der Waals surface area contributed by atoms with Crippen LogP contribution >= 0.6 is 23.2 Å². The van der Waals surface area contributed by atoms with E-state index < -0.39 is 0 Å². The third kappa shape index (κ3) is 6.50. The molecule has 0 unspecified atom stereocenters. The summed E-state index contributed by atoms with van der Waals surface area (Å²) < 4.78 is 5.48. The molecule has 1 rings (SSSR count). The Bertz CT molecular complexity index is 502. The van der Waals surface area contributed by atoms with Crippen LogP contribution in [-0.4, -0.2) is 62.0 Å². The summed E-state index contributed by atoms with van der Waals surface area (Å²) in [5, 5.41) is 0. The van der Waals surface area contributed by atoms with Gasteiger partial charge in [-0.15, -0.1) is 23.2 Å². The van der Waals surface area contributed by atoms with E-state index in [9.17, 15) is 4.79 Å². The minimum Gasteiger partial charge on any atom is -0.461 e. The fourth-order valence-electron chi connectivity index (χ4n) is 2.52. The minimum atomic E-state index is -0.300. The first-order chi connectivity index (χ1) is 11.6. The van der Waals surface area contributed by atoms with Crippen molar-refractivity contribution in [1.29, 1.82) is 0 Å². The molecule has 0 aliphatic carbocycles. The van der Waals surface area contributed by atoms with Crippen LogP contribution in [0.4, 0.5) is 5.69 Å². The molecular weight excluding hydrogens is 347 g/mol. The normalized spacial score (nSPS) is 10.9. The van der Waals surface area contributed by atoms with Gasteiger partial charge >= 0.3 is 5.97 Å². The average molecular weight is 375 g/mol. The second-order valence-corrected chi connectivity index (χ2v) is 6.30. The third-order valence-electron chi connectivity index (χ3n) is 3.96. The number of hydrogen-bond donors (Lipinski definition) is 0. The molecule has 0 spiro atoms. The highest BCUT2D eigenvalue weighted by molar-refractivity contribution is 6.18. The van der Waals surface area contributed by atoms with E-state index in [0.717, 1.165) is 30.9 Å². The number of rotatable bonds is 11. The fraction of sp³-hybridized carbons (Fsp3) is 0.611. The van der Waals surface area contributed by atoms with Crippen LogP contribution in [0.25, 0.3) is 0 Å². The second kappa shape index (κ2) is 11.6. The van der Waals surface area contributed by atoms with Crippen molar-refractivity contribution in [2.75, 3.05) is 56.0 Å². The molecule has 6 heteroatoms. The van der Waals surface area contributed by atoms with Crippen LogP contribution < -0.4 is 4.90 Å². The summed E-state index contributed by atoms with van der Waals surface area (Å²) in [5.74, 6) is 0.647. The molecule has 0 amide bonds. The lowest BCUT2D eigenvalue weighted by atomic mass is 10.1. The number of esters is 1. The molecule has 1 aromatic carbocycles. The van der Waals surface area contributed by atoms with Crippen molar-refractivity contribution in [2.45, 2.75) is 20.8 Å². The first kappa shape index (κ1) is 21.1. The molecule has 4 nitrogen and oxygen atoms in total. The van der Waals surface area contributed by atoms with Crippen molar-refractivity contribution < 1.29 is 9.53 Å². The maximum atomic E-state index is 12.5. The predicted molar refractivity (Wildman–Crippen MR) is 103 cm³/mol. The summed E-state index contributed by atoms with van der Waals surface area (Å²) in [5.41, 5.74) is 2.48. The lowest BCUT2D eigenvalue weighted by molar-refractivity contribution is 0.0467. The van der Waals surface area contributed by atoms with E-state index in [-0.39, 0.29) is 5.97 Å². The molecule has 0 aliphatic heterocycles. The number of benzene rings is 1. The molecule has 0 atom stereocenters. The Morgan fingerprint density at radius 2 is 1.71 bits per heavy atom. The summed E-state index contributed by atoms with van der Waals surface area (Å²) in [7, 11) is 0. The standard InChI is InChI=1S/C18H28Cl2N2O2/c1-4-21(5-2)12-13-24-18(23)16-7-6-15(3)14-17(16)22(10-8-19)11-9-20/h6-7,14H,4-5,8-13H2,1-3H3. The summed E-state index contributed by atoms with van der Waals surface area (Å²) in [6, 6.07) is 5.73. The zero-order chi connectivity index (χ0) is 17.9. The highest BCUT2D eigenvalue weighted by Gasteiger charge is 2.18. The van der Waals surface area contributed by atoms with Crippen LogP contribution in [0.15, 0.2) is 18.2 Å². The zero-order valence-corrected chi connectivity index (χ0v) is 16.4. The SMILES string of the molecule is CCN(CC)CCOC(=O)c1ccc(C)cc1N(CCCl)CCCl. The molecule has 0 fully saturated rings. The molecule has 0 aromatic heterocycles. The number of ether oxygens (including phenoxy) is 1. The van der Waals surface area contributed by atoms with Crippen LogP contribution in [-0.2, 0) is 4.74 Å². The van der Waals surface area contributed by atoms with Gasteiger partial charge in [0.2, 0.25) is 0 Å². The quantitative estimate of drug-likeness (QED) is 0.435. The van der Waals surface area contributed by atoms with E-state index in [1.165, 1.54) is 0 Å². The molecule has 24 heavy (non-hydrogen) atoms. The topological polar surface area (TPSA) is 32.8 Å². The van der Waals surface area contributed by atoms with Gasteiger partial charge in [0.15, 0.2) is 0 Å². The molecule has 0 bridgehead atoms. The molecule has 0 N–H and O–H groups in total. The number of anilines is 1. The van der Waals surface area contributed by atoms with Crippen molar-refractivity contribution in [3.8, 4) is 0 Å². The van der Waals surface area contributed by atoms with Gasteiger partial charge in [0, 0.05) is 31.4 Å². The number of hydrogen-bond acceptors (Lipinski definition) is 4. The predicted octanol–water partition coefficient (Wildman–Crippen LogP) is 3.78. The maximum Gasteiger partial charge on any atom is 0.340 e. The van der Waals surface area contributed by atoms with Gasteiger partial charge in [-0.1, -0.05) is 19.9 Å². The van der Waals surface area contributed by atoms with E-state index >= 15 is 0 Å². The van der Waals surface area contributed by atoms with Gasteiger partial charge < -0.3 is 14.5 Å². The minimum absolute atomic E-state index is 0.300. The molecular formula is C18H28Cl2N2O2. The van der Waals surface area contributed by atoms with Crippen molar-refractivity contribution in [3.63, 3.8) is 0 Å². The van der Waals surface area contributed by atoms with Crippen LogP contribution in [0.1, 0.15) is 29.8 Å². The summed E-state index contributed by atoms with van der Waals surface area (Å²) in [6.45, 7) is 10.5. The van der Waals surface area contributed by atoms with E-state index in [4.69, 9.17) is 27.9 Å². The number of halogens is 2. The smallest absolute Gasteiger partial charge is 0.340 e. The Balaban J connectivity index is 2.87. The zero-order valence-electron chi connectivity index (χ0n) is 14.9. The Kier molecular flexibility index (Phi) is 10.2. The van der Waals surface area contributed by atoms with Gasteiger partial charge in [-0.25, -0.2) is 4.79 Å². The Morgan fingerprint density at radius 1 is 1.08 bits per heavy atom. The van der Waals surface area contributed by atoms with E-state index in [2.05, 4.69) is 18.7 Å². The molecule has 0 saturated heterocycles. The summed E-state index contributed by atoms with van der Waals surface area (Å²) in [6.07, 6.45) is 0. The van der Waals surface area contributed by atoms with Gasteiger partial charge in [-0.3, -0.25) is 0 Å². The largest absolute Gasteiger partial charge is 0.461 e. The molecule has 1 aromatic rings. The van der Waals surface area contributed by atoms with Gasteiger partial charge in [0.05, 0.1) is 11.3 Å². The Hall–Kier alpha value is -0.970. The van der Waals surface area contributed by atoms with Crippen molar-refractivity contribution in [1.82, 2.24) is 4.90 Å². The Labute approximate surface area is 155 Å². The molecule has 0 heterocycles. The highest BCUT2D eigenvalue weighted by Crippen LogP contribution is 2.23. The van der Waals surface area contributed by atoms with Gasteiger partial charge in [-0.05, 0) is 37.7 Å². The van der Waals surface area contributed by atoms with Crippen molar-refractivity contribution in [3.05, 3.63) is 29.3 Å². The lowest BCUT2D eigenvalue weighted by Gasteiger charge is -2.25. The number of carbonyl (C=O) groups excluding carboxylic acids is 1. The molecule has 0 radical (unpaired) electrons. The second-order valence-electron chi connectivity index (χ2n) is 5.55. The maximum absolute atomic E-state index is 12.5. The summed E-state index contributed by atoms with van der Waals surface area (Å²) in [4.78, 5) is 16.8. The van der Waals surface area contributed by atoms with Crippen molar-refractivity contribution >= 4 is 34.9 Å². The number of alkyl halides is 2. The third-order valence-corrected chi connectivity index (χ3v) is 4.30. The van der Waals surface area contributed by atoms with Gasteiger partial charge in [-0.2, -0.15) is 0 Å². The molecule has 0 aliphatic rings. The van der Waals surface area contributed by atoms with Gasteiger partial charge in [0.25, 0.3) is 0 Å². The van der Waals surface area contributed by atoms with Gasteiger partial charge in [0.1, 0.15) is 6.61 Å². The highest BCUT2D eigenvalue weighted by atomic mass is 35.5. The fourth-order valence-corrected chi connectivity index (χ4v) is 2.93.